The van der Waals surface area contributed by atoms with Crippen molar-refractivity contribution in [1.29, 1.82) is 0 Å². The maximum atomic E-state index is 11.5. The summed E-state index contributed by atoms with van der Waals surface area (Å²) < 4.78 is 0. The second-order valence-electron chi connectivity index (χ2n) is 2.89. The Morgan fingerprint density at radius 1 is 1.07 bits per heavy atom. The van der Waals surface area contributed by atoms with Crippen LogP contribution >= 0.6 is 0 Å². The zero-order valence-corrected chi connectivity index (χ0v) is 7.19. The monoisotopic (exact) mass is 188 g/mol. The Kier molecular flexibility index (Phi) is 1.89. The van der Waals surface area contributed by atoms with E-state index in [9.17, 15) is 14.4 Å². The number of rotatable bonds is 2. The first kappa shape index (κ1) is 8.62. The van der Waals surface area contributed by atoms with Crippen molar-refractivity contribution < 1.29 is 14.4 Å². The molecule has 1 radical (unpaired) electrons. The lowest BCUT2D eigenvalue weighted by molar-refractivity contribution is 0.0676. The zero-order valence-electron chi connectivity index (χ0n) is 7.19. The third kappa shape index (κ3) is 1.04. The van der Waals surface area contributed by atoms with E-state index in [1.807, 2.05) is 0 Å². The number of hydrogen-bond donors (Lipinski definition) is 0. The van der Waals surface area contributed by atoms with Crippen molar-refractivity contribution in [2.24, 2.45) is 0 Å². The van der Waals surface area contributed by atoms with Gasteiger partial charge in [-0.2, -0.15) is 0 Å². The SMILES string of the molecule is O=[C]CN1C(=O)c2ccccc2C1=O. The molecule has 0 saturated heterocycles. The molecule has 1 aliphatic heterocycles. The fraction of sp³-hybridized carbons (Fsp3) is 0.100. The first-order valence-corrected chi connectivity index (χ1v) is 4.06. The average molecular weight is 188 g/mol. The van der Waals surface area contributed by atoms with Crippen LogP contribution in [0, 0.1) is 0 Å². The van der Waals surface area contributed by atoms with Gasteiger partial charge in [-0.15, -0.1) is 0 Å². The van der Waals surface area contributed by atoms with E-state index in [1.54, 1.807) is 24.3 Å². The summed E-state index contributed by atoms with van der Waals surface area (Å²) in [5.41, 5.74) is 0.709. The minimum atomic E-state index is -0.422. The third-order valence-corrected chi connectivity index (χ3v) is 2.10. The van der Waals surface area contributed by atoms with E-state index >= 15 is 0 Å². The number of hydrogen-bond acceptors (Lipinski definition) is 3. The highest BCUT2D eigenvalue weighted by molar-refractivity contribution is 6.21. The van der Waals surface area contributed by atoms with Crippen molar-refractivity contribution in [1.82, 2.24) is 4.90 Å². The van der Waals surface area contributed by atoms with Gasteiger partial charge in [-0.3, -0.25) is 19.3 Å². The molecule has 0 aliphatic carbocycles. The van der Waals surface area contributed by atoms with Crippen LogP contribution in [0.5, 0.6) is 0 Å². The summed E-state index contributed by atoms with van der Waals surface area (Å²) in [6.07, 6.45) is 1.54. The van der Waals surface area contributed by atoms with Crippen molar-refractivity contribution in [3.8, 4) is 0 Å². The van der Waals surface area contributed by atoms with Gasteiger partial charge < -0.3 is 0 Å². The average Bonchev–Trinajstić information content (AvgIpc) is 2.45. The molecule has 1 heterocycles. The van der Waals surface area contributed by atoms with E-state index < -0.39 is 11.8 Å². The number of carbonyl (C=O) groups is 2. The molecular formula is C10H6NO3. The topological polar surface area (TPSA) is 54.5 Å². The van der Waals surface area contributed by atoms with Crippen LogP contribution in [0.25, 0.3) is 0 Å². The smallest absolute Gasteiger partial charge is 0.261 e. The number of imide groups is 1. The second-order valence-corrected chi connectivity index (χ2v) is 2.89. The molecule has 14 heavy (non-hydrogen) atoms. The third-order valence-electron chi connectivity index (χ3n) is 2.10. The van der Waals surface area contributed by atoms with Crippen LogP contribution in [0.1, 0.15) is 20.7 Å². The van der Waals surface area contributed by atoms with Crippen molar-refractivity contribution in [2.75, 3.05) is 6.54 Å². The van der Waals surface area contributed by atoms with Crippen LogP contribution < -0.4 is 0 Å². The van der Waals surface area contributed by atoms with Gasteiger partial charge in [0.25, 0.3) is 11.8 Å². The summed E-state index contributed by atoms with van der Waals surface area (Å²) in [4.78, 5) is 34.1. The molecule has 4 nitrogen and oxygen atoms in total. The second kappa shape index (κ2) is 3.06. The summed E-state index contributed by atoms with van der Waals surface area (Å²) in [5.74, 6) is -0.845. The molecule has 1 aromatic rings. The van der Waals surface area contributed by atoms with Crippen LogP contribution in [0.4, 0.5) is 0 Å². The van der Waals surface area contributed by atoms with Gasteiger partial charge in [0, 0.05) is 0 Å². The quantitative estimate of drug-likeness (QED) is 0.631. The van der Waals surface area contributed by atoms with Gasteiger partial charge >= 0.3 is 0 Å². The lowest BCUT2D eigenvalue weighted by atomic mass is 10.1. The van der Waals surface area contributed by atoms with Gasteiger partial charge in [0.15, 0.2) is 0 Å². The molecule has 0 N–H and O–H groups in total. The minimum Gasteiger partial charge on any atom is -0.289 e. The highest BCUT2D eigenvalue weighted by atomic mass is 16.2. The Balaban J connectivity index is 2.48. The minimum absolute atomic E-state index is 0.299. The van der Waals surface area contributed by atoms with Gasteiger partial charge in [-0.25, -0.2) is 0 Å². The molecule has 0 spiro atoms. The molecule has 2 amide bonds. The Bertz CT molecular complexity index is 390. The van der Waals surface area contributed by atoms with E-state index in [1.165, 1.54) is 6.29 Å². The molecule has 69 valence electrons. The van der Waals surface area contributed by atoms with Crippen molar-refractivity contribution in [2.45, 2.75) is 0 Å². The van der Waals surface area contributed by atoms with Crippen molar-refractivity contribution in [3.63, 3.8) is 0 Å². The largest absolute Gasteiger partial charge is 0.289 e. The summed E-state index contributed by atoms with van der Waals surface area (Å²) in [6.45, 7) is -0.299. The Morgan fingerprint density at radius 3 is 2.00 bits per heavy atom. The van der Waals surface area contributed by atoms with E-state index in [-0.39, 0.29) is 6.54 Å². The molecule has 2 rings (SSSR count). The number of amides is 2. The molecule has 0 bridgehead atoms. The molecule has 1 aromatic carbocycles. The highest BCUT2D eigenvalue weighted by Crippen LogP contribution is 2.21. The van der Waals surface area contributed by atoms with Crippen LogP contribution in [0.15, 0.2) is 24.3 Å². The molecule has 0 aromatic heterocycles. The summed E-state index contributed by atoms with van der Waals surface area (Å²) >= 11 is 0. The van der Waals surface area contributed by atoms with E-state index in [4.69, 9.17) is 0 Å². The lowest BCUT2D eigenvalue weighted by Crippen LogP contribution is -2.31. The zero-order chi connectivity index (χ0) is 10.1. The molecule has 0 unspecified atom stereocenters. The van der Waals surface area contributed by atoms with E-state index in [2.05, 4.69) is 0 Å². The van der Waals surface area contributed by atoms with Crippen LogP contribution in [0.3, 0.4) is 0 Å². The van der Waals surface area contributed by atoms with Crippen LogP contribution in [-0.2, 0) is 4.79 Å². The molecule has 1 aliphatic rings. The van der Waals surface area contributed by atoms with E-state index in [0.29, 0.717) is 11.1 Å². The number of benzene rings is 1. The molecule has 0 atom stereocenters. The van der Waals surface area contributed by atoms with Crippen LogP contribution in [0.2, 0.25) is 0 Å². The summed E-state index contributed by atoms with van der Waals surface area (Å²) in [5, 5.41) is 0. The Hall–Kier alpha value is -1.97. The molecule has 0 fully saturated rings. The van der Waals surface area contributed by atoms with Gasteiger partial charge in [0.2, 0.25) is 6.29 Å². The number of carbonyl (C=O) groups excluding carboxylic acids is 3. The maximum Gasteiger partial charge on any atom is 0.261 e. The first-order valence-electron chi connectivity index (χ1n) is 4.06. The van der Waals surface area contributed by atoms with Gasteiger partial charge in [-0.05, 0) is 12.1 Å². The molecule has 4 heteroatoms. The lowest BCUT2D eigenvalue weighted by Gasteiger charge is -2.07. The van der Waals surface area contributed by atoms with Gasteiger partial charge in [0.05, 0.1) is 17.7 Å². The number of fused-ring (bicyclic) bond motifs is 1. The Labute approximate surface area is 80.1 Å². The van der Waals surface area contributed by atoms with Gasteiger partial charge in [0.1, 0.15) is 0 Å². The fourth-order valence-corrected chi connectivity index (χ4v) is 1.45. The number of nitrogens with zero attached hydrogens (tertiary/aromatic N) is 1. The standard InChI is InChI=1S/C10H6NO3/c12-6-5-11-9(13)7-3-1-2-4-8(7)10(11)14/h1-4H,5H2. The summed E-state index contributed by atoms with van der Waals surface area (Å²) in [6, 6.07) is 6.50. The predicted octanol–water partition coefficient (Wildman–Crippen LogP) is 0.392. The predicted molar refractivity (Wildman–Crippen MR) is 47.5 cm³/mol. The highest BCUT2D eigenvalue weighted by Gasteiger charge is 2.34. The van der Waals surface area contributed by atoms with Crippen LogP contribution in [-0.4, -0.2) is 29.5 Å². The fourth-order valence-electron chi connectivity index (χ4n) is 1.45. The molecular weight excluding hydrogens is 182 g/mol. The van der Waals surface area contributed by atoms with Crippen molar-refractivity contribution >= 4 is 18.1 Å². The molecule has 0 saturated carbocycles. The maximum absolute atomic E-state index is 11.5. The first-order chi connectivity index (χ1) is 6.75. The Morgan fingerprint density at radius 2 is 1.57 bits per heavy atom. The van der Waals surface area contributed by atoms with E-state index in [0.717, 1.165) is 4.90 Å². The van der Waals surface area contributed by atoms with Gasteiger partial charge in [-0.1, -0.05) is 12.1 Å². The summed E-state index contributed by atoms with van der Waals surface area (Å²) in [7, 11) is 0. The van der Waals surface area contributed by atoms with Crippen molar-refractivity contribution in [3.05, 3.63) is 35.4 Å². The normalized spacial score (nSPS) is 14.4.